The van der Waals surface area contributed by atoms with Gasteiger partial charge in [0.05, 0.1) is 7.11 Å². The molecule has 2 rings (SSSR count). The van der Waals surface area contributed by atoms with Gasteiger partial charge >= 0.3 is 5.97 Å². The molecule has 0 spiro atoms. The Kier molecular flexibility index (Phi) is 4.59. The molecule has 0 bridgehead atoms. The Labute approximate surface area is 129 Å². The zero-order chi connectivity index (χ0) is 15.4. The topological polar surface area (TPSA) is 75.6 Å². The molecule has 0 aromatic heterocycles. The van der Waals surface area contributed by atoms with E-state index in [0.29, 0.717) is 11.3 Å². The number of nitrogens with one attached hydrogen (secondary N) is 1. The predicted octanol–water partition coefficient (Wildman–Crippen LogP) is 3.41. The zero-order valence-corrected chi connectivity index (χ0v) is 12.7. The number of carboxylic acids is 1. The minimum absolute atomic E-state index is 0.0398. The quantitative estimate of drug-likeness (QED) is 0.886. The molecule has 0 radical (unpaired) electrons. The van der Waals surface area contributed by atoms with Gasteiger partial charge in [-0.2, -0.15) is 0 Å². The highest BCUT2D eigenvalue weighted by molar-refractivity contribution is 9.10. The SMILES string of the molecule is COc1cc(NC(=O)c2cccc(Br)c2)ccc1C(=O)O. The van der Waals surface area contributed by atoms with Crippen LogP contribution < -0.4 is 10.1 Å². The first kappa shape index (κ1) is 15.1. The molecule has 0 aliphatic rings. The van der Waals surface area contributed by atoms with Crippen LogP contribution in [0.5, 0.6) is 5.75 Å². The minimum Gasteiger partial charge on any atom is -0.496 e. The van der Waals surface area contributed by atoms with E-state index in [9.17, 15) is 9.59 Å². The first-order valence-corrected chi connectivity index (χ1v) is 6.79. The van der Waals surface area contributed by atoms with E-state index in [1.165, 1.54) is 25.3 Å². The van der Waals surface area contributed by atoms with Crippen molar-refractivity contribution in [2.75, 3.05) is 12.4 Å². The molecule has 0 heterocycles. The van der Waals surface area contributed by atoms with Crippen LogP contribution in [-0.2, 0) is 0 Å². The van der Waals surface area contributed by atoms with Crippen molar-refractivity contribution in [2.24, 2.45) is 0 Å². The summed E-state index contributed by atoms with van der Waals surface area (Å²) in [5.74, 6) is -1.19. The van der Waals surface area contributed by atoms with Crippen molar-refractivity contribution in [3.8, 4) is 5.75 Å². The first-order valence-electron chi connectivity index (χ1n) is 5.99. The number of aromatic carboxylic acids is 1. The van der Waals surface area contributed by atoms with Crippen LogP contribution in [0.25, 0.3) is 0 Å². The molecular formula is C15H12BrNO4. The average molecular weight is 350 g/mol. The van der Waals surface area contributed by atoms with Crippen molar-refractivity contribution in [2.45, 2.75) is 0 Å². The number of hydrogen-bond acceptors (Lipinski definition) is 3. The molecule has 0 unspecified atom stereocenters. The Hall–Kier alpha value is -2.34. The normalized spacial score (nSPS) is 10.0. The van der Waals surface area contributed by atoms with Gasteiger partial charge in [-0.1, -0.05) is 22.0 Å². The lowest BCUT2D eigenvalue weighted by Gasteiger charge is -2.09. The maximum Gasteiger partial charge on any atom is 0.339 e. The van der Waals surface area contributed by atoms with Crippen molar-refractivity contribution in [1.82, 2.24) is 0 Å². The van der Waals surface area contributed by atoms with Crippen molar-refractivity contribution in [3.63, 3.8) is 0 Å². The van der Waals surface area contributed by atoms with Crippen LogP contribution >= 0.6 is 15.9 Å². The fraction of sp³-hybridized carbons (Fsp3) is 0.0667. The van der Waals surface area contributed by atoms with E-state index in [4.69, 9.17) is 9.84 Å². The summed E-state index contributed by atoms with van der Waals surface area (Å²) in [5.41, 5.74) is 0.991. The summed E-state index contributed by atoms with van der Waals surface area (Å²) in [6.07, 6.45) is 0. The molecule has 0 atom stereocenters. The number of carbonyl (C=O) groups excluding carboxylic acids is 1. The summed E-state index contributed by atoms with van der Waals surface area (Å²) < 4.78 is 5.81. The number of carboxylic acid groups (broad SMARTS) is 1. The molecule has 0 fully saturated rings. The summed E-state index contributed by atoms with van der Waals surface area (Å²) in [7, 11) is 1.38. The van der Waals surface area contributed by atoms with Gasteiger partial charge in [-0.3, -0.25) is 4.79 Å². The van der Waals surface area contributed by atoms with Crippen LogP contribution in [0.15, 0.2) is 46.9 Å². The molecule has 108 valence electrons. The molecule has 21 heavy (non-hydrogen) atoms. The van der Waals surface area contributed by atoms with Crippen LogP contribution in [-0.4, -0.2) is 24.1 Å². The molecule has 5 nitrogen and oxygen atoms in total. The largest absolute Gasteiger partial charge is 0.496 e. The van der Waals surface area contributed by atoms with Crippen LogP contribution in [0.2, 0.25) is 0 Å². The van der Waals surface area contributed by atoms with E-state index in [1.807, 2.05) is 6.07 Å². The monoisotopic (exact) mass is 349 g/mol. The molecule has 2 N–H and O–H groups in total. The summed E-state index contributed by atoms with van der Waals surface area (Å²) in [5, 5.41) is 11.7. The van der Waals surface area contributed by atoms with E-state index in [2.05, 4.69) is 21.2 Å². The number of hydrogen-bond donors (Lipinski definition) is 2. The molecule has 1 amide bonds. The minimum atomic E-state index is -1.09. The Morgan fingerprint density at radius 3 is 2.57 bits per heavy atom. The first-order chi connectivity index (χ1) is 10.0. The maximum absolute atomic E-state index is 12.1. The van der Waals surface area contributed by atoms with Crippen molar-refractivity contribution in [1.29, 1.82) is 0 Å². The number of halogens is 1. The summed E-state index contributed by atoms with van der Waals surface area (Å²) in [6, 6.07) is 11.3. The zero-order valence-electron chi connectivity index (χ0n) is 11.1. The molecule has 0 saturated heterocycles. The second kappa shape index (κ2) is 6.41. The number of benzene rings is 2. The van der Waals surface area contributed by atoms with Crippen molar-refractivity contribution in [3.05, 3.63) is 58.1 Å². The highest BCUT2D eigenvalue weighted by Crippen LogP contribution is 2.23. The lowest BCUT2D eigenvalue weighted by atomic mass is 10.1. The highest BCUT2D eigenvalue weighted by Gasteiger charge is 2.13. The molecule has 6 heteroatoms. The number of amides is 1. The molecular weight excluding hydrogens is 338 g/mol. The van der Waals surface area contributed by atoms with Crippen LogP contribution in [0.3, 0.4) is 0 Å². The standard InChI is InChI=1S/C15H12BrNO4/c1-21-13-8-11(5-6-12(13)15(19)20)17-14(18)9-3-2-4-10(16)7-9/h2-8H,1H3,(H,17,18)(H,19,20). The maximum atomic E-state index is 12.1. The number of anilines is 1. The Morgan fingerprint density at radius 1 is 1.19 bits per heavy atom. The lowest BCUT2D eigenvalue weighted by Crippen LogP contribution is -2.12. The lowest BCUT2D eigenvalue weighted by molar-refractivity contribution is 0.0693. The van der Waals surface area contributed by atoms with Gasteiger partial charge in [0.25, 0.3) is 5.91 Å². The molecule has 0 aliphatic heterocycles. The molecule has 2 aromatic rings. The number of carbonyl (C=O) groups is 2. The number of methoxy groups -OCH3 is 1. The van der Waals surface area contributed by atoms with Gasteiger partial charge in [0.2, 0.25) is 0 Å². The van der Waals surface area contributed by atoms with Gasteiger partial charge in [0.15, 0.2) is 0 Å². The van der Waals surface area contributed by atoms with Crippen molar-refractivity contribution < 1.29 is 19.4 Å². The van der Waals surface area contributed by atoms with Gasteiger partial charge in [0, 0.05) is 21.8 Å². The van der Waals surface area contributed by atoms with E-state index in [1.54, 1.807) is 18.2 Å². The third kappa shape index (κ3) is 3.61. The summed E-state index contributed by atoms with van der Waals surface area (Å²) in [4.78, 5) is 23.1. The molecule has 0 aliphatic carbocycles. The van der Waals surface area contributed by atoms with E-state index in [-0.39, 0.29) is 17.2 Å². The average Bonchev–Trinajstić information content (AvgIpc) is 2.46. The number of ether oxygens (including phenoxy) is 1. The van der Waals surface area contributed by atoms with Gasteiger partial charge in [-0.05, 0) is 30.3 Å². The van der Waals surface area contributed by atoms with Gasteiger partial charge < -0.3 is 15.2 Å². The fourth-order valence-corrected chi connectivity index (χ4v) is 2.18. The molecule has 0 saturated carbocycles. The Bertz CT molecular complexity index is 700. The predicted molar refractivity (Wildman–Crippen MR) is 82.0 cm³/mol. The second-order valence-electron chi connectivity index (χ2n) is 4.18. The van der Waals surface area contributed by atoms with E-state index >= 15 is 0 Å². The number of rotatable bonds is 4. The van der Waals surface area contributed by atoms with E-state index in [0.717, 1.165) is 4.47 Å². The third-order valence-corrected chi connectivity index (χ3v) is 3.27. The van der Waals surface area contributed by atoms with Gasteiger partial charge in [-0.25, -0.2) is 4.79 Å². The smallest absolute Gasteiger partial charge is 0.339 e. The van der Waals surface area contributed by atoms with E-state index < -0.39 is 5.97 Å². The van der Waals surface area contributed by atoms with Crippen molar-refractivity contribution >= 4 is 33.5 Å². The van der Waals surface area contributed by atoms with Crippen LogP contribution in [0.1, 0.15) is 20.7 Å². The Morgan fingerprint density at radius 2 is 1.95 bits per heavy atom. The van der Waals surface area contributed by atoms with Crippen LogP contribution in [0, 0.1) is 0 Å². The van der Waals surface area contributed by atoms with Crippen LogP contribution in [0.4, 0.5) is 5.69 Å². The second-order valence-corrected chi connectivity index (χ2v) is 5.10. The van der Waals surface area contributed by atoms with Gasteiger partial charge in [-0.15, -0.1) is 0 Å². The summed E-state index contributed by atoms with van der Waals surface area (Å²) >= 11 is 3.30. The molecule has 2 aromatic carbocycles. The highest BCUT2D eigenvalue weighted by atomic mass is 79.9. The van der Waals surface area contributed by atoms with Gasteiger partial charge in [0.1, 0.15) is 11.3 Å². The summed E-state index contributed by atoms with van der Waals surface area (Å²) in [6.45, 7) is 0. The Balaban J connectivity index is 2.24. The third-order valence-electron chi connectivity index (χ3n) is 2.78. The fourth-order valence-electron chi connectivity index (χ4n) is 1.78.